The standard InChI is InChI=1S/C19H19N3O5/c1-4-27-19(23)15-11(2)21-14-8-9-20-18(26-3)17(14)16(15)12-6-5-7-13(10-12)22(24)25/h5-10,15-16H,4H2,1-3H3. The summed E-state index contributed by atoms with van der Waals surface area (Å²) in [6.07, 6.45) is 1.57. The number of hydrogen-bond donors (Lipinski definition) is 0. The Hall–Kier alpha value is -3.29. The number of ether oxygens (including phenoxy) is 2. The van der Waals surface area contributed by atoms with Gasteiger partial charge >= 0.3 is 5.97 Å². The molecule has 27 heavy (non-hydrogen) atoms. The van der Waals surface area contributed by atoms with E-state index in [-0.39, 0.29) is 12.3 Å². The fraction of sp³-hybridized carbons (Fsp3) is 0.316. The second-order valence-electron chi connectivity index (χ2n) is 6.07. The van der Waals surface area contributed by atoms with Crippen LogP contribution in [0.25, 0.3) is 0 Å². The first-order valence-electron chi connectivity index (χ1n) is 8.47. The van der Waals surface area contributed by atoms with Crippen LogP contribution in [0, 0.1) is 16.0 Å². The smallest absolute Gasteiger partial charge is 0.315 e. The first kappa shape index (κ1) is 18.5. The predicted octanol–water partition coefficient (Wildman–Crippen LogP) is 3.42. The van der Waals surface area contributed by atoms with Gasteiger partial charge in [-0.25, -0.2) is 4.98 Å². The van der Waals surface area contributed by atoms with Gasteiger partial charge in [0.2, 0.25) is 5.88 Å². The molecule has 0 spiro atoms. The normalized spacial score (nSPS) is 18.3. The summed E-state index contributed by atoms with van der Waals surface area (Å²) in [4.78, 5) is 32.3. The van der Waals surface area contributed by atoms with Crippen molar-refractivity contribution in [2.45, 2.75) is 19.8 Å². The number of rotatable bonds is 5. The van der Waals surface area contributed by atoms with E-state index in [0.717, 1.165) is 0 Å². The Morgan fingerprint density at radius 1 is 1.33 bits per heavy atom. The van der Waals surface area contributed by atoms with Crippen molar-refractivity contribution in [1.29, 1.82) is 0 Å². The van der Waals surface area contributed by atoms with Gasteiger partial charge in [-0.1, -0.05) is 12.1 Å². The summed E-state index contributed by atoms with van der Waals surface area (Å²) in [5.41, 5.74) is 2.36. The van der Waals surface area contributed by atoms with E-state index in [4.69, 9.17) is 9.47 Å². The summed E-state index contributed by atoms with van der Waals surface area (Å²) in [6.45, 7) is 3.70. The van der Waals surface area contributed by atoms with Crippen LogP contribution in [0.3, 0.4) is 0 Å². The van der Waals surface area contributed by atoms with Crippen LogP contribution in [0.4, 0.5) is 11.4 Å². The number of hydrogen-bond acceptors (Lipinski definition) is 7. The maximum atomic E-state index is 12.7. The molecule has 1 aromatic carbocycles. The zero-order chi connectivity index (χ0) is 19.6. The zero-order valence-electron chi connectivity index (χ0n) is 15.2. The molecule has 0 saturated heterocycles. The topological polar surface area (TPSA) is 104 Å². The Bertz CT molecular complexity index is 925. The van der Waals surface area contributed by atoms with Crippen molar-refractivity contribution in [2.24, 2.45) is 10.9 Å². The summed E-state index contributed by atoms with van der Waals surface area (Å²) in [7, 11) is 1.48. The Morgan fingerprint density at radius 3 is 2.78 bits per heavy atom. The van der Waals surface area contributed by atoms with Crippen LogP contribution in [0.1, 0.15) is 30.9 Å². The highest BCUT2D eigenvalue weighted by Gasteiger charge is 2.41. The molecule has 0 radical (unpaired) electrons. The molecule has 0 fully saturated rings. The molecular weight excluding hydrogens is 350 g/mol. The first-order chi connectivity index (χ1) is 13.0. The van der Waals surface area contributed by atoms with Crippen LogP contribution in [-0.4, -0.2) is 35.3 Å². The number of aliphatic imine (C=N–C) groups is 1. The predicted molar refractivity (Wildman–Crippen MR) is 98.6 cm³/mol. The number of methoxy groups -OCH3 is 1. The van der Waals surface area contributed by atoms with Gasteiger partial charge in [0.1, 0.15) is 5.92 Å². The molecule has 8 nitrogen and oxygen atoms in total. The lowest BCUT2D eigenvalue weighted by molar-refractivity contribution is -0.384. The lowest BCUT2D eigenvalue weighted by Gasteiger charge is -2.31. The molecular formula is C19H19N3O5. The Balaban J connectivity index is 2.25. The van der Waals surface area contributed by atoms with Crippen molar-refractivity contribution < 1.29 is 19.2 Å². The van der Waals surface area contributed by atoms with Gasteiger partial charge in [-0.3, -0.25) is 19.9 Å². The molecule has 8 heteroatoms. The SMILES string of the molecule is CCOC(=O)C1C(C)=Nc2ccnc(OC)c2C1c1cccc([N+](=O)[O-])c1. The van der Waals surface area contributed by atoms with Gasteiger partial charge in [0.05, 0.1) is 24.3 Å². The van der Waals surface area contributed by atoms with Crippen molar-refractivity contribution in [2.75, 3.05) is 13.7 Å². The Labute approximate surface area is 156 Å². The molecule has 0 bridgehead atoms. The number of fused-ring (bicyclic) bond motifs is 1. The summed E-state index contributed by atoms with van der Waals surface area (Å²) in [6, 6.07) is 7.95. The quantitative estimate of drug-likeness (QED) is 0.454. The van der Waals surface area contributed by atoms with E-state index in [0.29, 0.717) is 28.4 Å². The summed E-state index contributed by atoms with van der Waals surface area (Å²) in [5.74, 6) is -1.39. The van der Waals surface area contributed by atoms with Gasteiger partial charge in [0.25, 0.3) is 5.69 Å². The van der Waals surface area contributed by atoms with Crippen molar-refractivity contribution in [1.82, 2.24) is 4.98 Å². The number of nitrogens with zero attached hydrogens (tertiary/aromatic N) is 3. The van der Waals surface area contributed by atoms with E-state index in [2.05, 4.69) is 9.98 Å². The van der Waals surface area contributed by atoms with Crippen LogP contribution in [0.5, 0.6) is 5.88 Å². The number of carbonyl (C=O) groups is 1. The van der Waals surface area contributed by atoms with Gasteiger partial charge in [-0.2, -0.15) is 0 Å². The number of esters is 1. The third-order valence-electron chi connectivity index (χ3n) is 4.50. The van der Waals surface area contributed by atoms with Crippen LogP contribution in [-0.2, 0) is 9.53 Å². The average Bonchev–Trinajstić information content (AvgIpc) is 2.66. The van der Waals surface area contributed by atoms with Crippen molar-refractivity contribution in [3.8, 4) is 5.88 Å². The maximum absolute atomic E-state index is 12.7. The molecule has 2 aromatic rings. The largest absolute Gasteiger partial charge is 0.481 e. The number of benzene rings is 1. The lowest BCUT2D eigenvalue weighted by Crippen LogP contribution is -2.33. The number of aromatic nitrogens is 1. The fourth-order valence-electron chi connectivity index (χ4n) is 3.39. The van der Waals surface area contributed by atoms with E-state index in [1.54, 1.807) is 38.2 Å². The second-order valence-corrected chi connectivity index (χ2v) is 6.07. The molecule has 1 aliphatic rings. The molecule has 140 valence electrons. The number of pyridine rings is 1. The lowest BCUT2D eigenvalue weighted by atomic mass is 9.76. The van der Waals surface area contributed by atoms with Crippen LogP contribution in [0.15, 0.2) is 41.5 Å². The minimum atomic E-state index is -0.724. The molecule has 0 aliphatic carbocycles. The summed E-state index contributed by atoms with van der Waals surface area (Å²) >= 11 is 0. The van der Waals surface area contributed by atoms with E-state index >= 15 is 0 Å². The maximum Gasteiger partial charge on any atom is 0.315 e. The Kier molecular flexibility index (Phi) is 5.16. The molecule has 2 heterocycles. The van der Waals surface area contributed by atoms with Crippen molar-refractivity contribution in [3.05, 3.63) is 57.8 Å². The fourth-order valence-corrected chi connectivity index (χ4v) is 3.39. The molecule has 2 unspecified atom stereocenters. The van der Waals surface area contributed by atoms with Crippen LogP contribution in [0.2, 0.25) is 0 Å². The first-order valence-corrected chi connectivity index (χ1v) is 8.47. The third-order valence-corrected chi connectivity index (χ3v) is 4.50. The van der Waals surface area contributed by atoms with E-state index in [9.17, 15) is 14.9 Å². The van der Waals surface area contributed by atoms with Crippen LogP contribution >= 0.6 is 0 Å². The minimum absolute atomic E-state index is 0.0559. The number of carbonyl (C=O) groups excluding carboxylic acids is 1. The van der Waals surface area contributed by atoms with Gasteiger partial charge < -0.3 is 9.47 Å². The molecule has 2 atom stereocenters. The van der Waals surface area contributed by atoms with Crippen LogP contribution < -0.4 is 4.74 Å². The van der Waals surface area contributed by atoms with Gasteiger partial charge in [-0.05, 0) is 25.5 Å². The summed E-state index contributed by atoms with van der Waals surface area (Å²) in [5, 5.41) is 11.2. The van der Waals surface area contributed by atoms with E-state index < -0.39 is 22.7 Å². The van der Waals surface area contributed by atoms with Gasteiger partial charge in [-0.15, -0.1) is 0 Å². The van der Waals surface area contributed by atoms with Crippen molar-refractivity contribution >= 4 is 23.1 Å². The zero-order valence-corrected chi connectivity index (χ0v) is 15.2. The highest BCUT2D eigenvalue weighted by molar-refractivity contribution is 6.05. The third kappa shape index (κ3) is 3.38. The molecule has 1 aromatic heterocycles. The number of nitro groups is 1. The monoisotopic (exact) mass is 369 g/mol. The summed E-state index contributed by atoms with van der Waals surface area (Å²) < 4.78 is 10.7. The highest BCUT2D eigenvalue weighted by atomic mass is 16.6. The van der Waals surface area contributed by atoms with Gasteiger partial charge in [0, 0.05) is 35.5 Å². The van der Waals surface area contributed by atoms with E-state index in [1.807, 2.05) is 0 Å². The molecule has 0 N–H and O–H groups in total. The highest BCUT2D eigenvalue weighted by Crippen LogP contribution is 2.46. The van der Waals surface area contributed by atoms with Gasteiger partial charge in [0.15, 0.2) is 0 Å². The molecule has 1 aliphatic heterocycles. The number of nitro benzene ring substituents is 1. The molecule has 3 rings (SSSR count). The molecule has 0 amide bonds. The minimum Gasteiger partial charge on any atom is -0.481 e. The van der Waals surface area contributed by atoms with Crippen molar-refractivity contribution in [3.63, 3.8) is 0 Å². The second kappa shape index (κ2) is 7.53. The Morgan fingerprint density at radius 2 is 2.11 bits per heavy atom. The number of non-ortho nitro benzene ring substituents is 1. The van der Waals surface area contributed by atoms with E-state index in [1.165, 1.54) is 19.2 Å². The average molecular weight is 369 g/mol. The molecule has 0 saturated carbocycles.